The summed E-state index contributed by atoms with van der Waals surface area (Å²) in [4.78, 5) is 20.7. The van der Waals surface area contributed by atoms with E-state index in [1.165, 1.54) is 28.7 Å². The second kappa shape index (κ2) is 8.07. The van der Waals surface area contributed by atoms with E-state index in [4.69, 9.17) is 5.73 Å². The van der Waals surface area contributed by atoms with Crippen LogP contribution in [0, 0.1) is 5.82 Å². The quantitative estimate of drug-likeness (QED) is 0.674. The molecule has 0 aliphatic rings. The molecule has 1 amide bonds. The highest BCUT2D eigenvalue weighted by Crippen LogP contribution is 2.31. The summed E-state index contributed by atoms with van der Waals surface area (Å²) in [6.45, 7) is 4.74. The van der Waals surface area contributed by atoms with Crippen molar-refractivity contribution in [2.24, 2.45) is 5.73 Å². The fourth-order valence-corrected chi connectivity index (χ4v) is 4.26. The summed E-state index contributed by atoms with van der Waals surface area (Å²) in [6, 6.07) is 10.6. The Morgan fingerprint density at radius 2 is 2.04 bits per heavy atom. The van der Waals surface area contributed by atoms with Gasteiger partial charge in [-0.3, -0.25) is 4.79 Å². The molecule has 3 aromatic rings. The highest BCUT2D eigenvalue weighted by Gasteiger charge is 2.22. The van der Waals surface area contributed by atoms with Gasteiger partial charge in [0.25, 0.3) is 5.91 Å². The Balaban J connectivity index is 1.81. The van der Waals surface area contributed by atoms with Crippen LogP contribution in [-0.4, -0.2) is 21.8 Å². The lowest BCUT2D eigenvalue weighted by Gasteiger charge is -2.25. The fourth-order valence-electron chi connectivity index (χ4n) is 2.58. The van der Waals surface area contributed by atoms with Crippen LogP contribution in [-0.2, 0) is 13.1 Å². The third-order valence-electron chi connectivity index (χ3n) is 3.96. The van der Waals surface area contributed by atoms with Gasteiger partial charge in [0, 0.05) is 33.3 Å². The molecule has 0 spiro atoms. The number of hydrogen-bond donors (Lipinski definition) is 1. The minimum atomic E-state index is -0.241. The molecule has 1 aromatic carbocycles. The van der Waals surface area contributed by atoms with Crippen LogP contribution in [0.3, 0.4) is 0 Å². The van der Waals surface area contributed by atoms with Gasteiger partial charge >= 0.3 is 0 Å². The molecule has 3 rings (SSSR count). The standard InChI is InChI=1S/C19H20FN3OS2/c1-12(2)23(19(24)16-11-25-18(9-21)22-16)10-13-7-8-17(26-13)14-5-3-4-6-15(14)20/h3-8,11-12H,9-10,21H2,1-2H3. The molecule has 0 radical (unpaired) electrons. The van der Waals surface area contributed by atoms with Crippen molar-refractivity contribution < 1.29 is 9.18 Å². The van der Waals surface area contributed by atoms with Gasteiger partial charge in [-0.15, -0.1) is 22.7 Å². The monoisotopic (exact) mass is 389 g/mol. The summed E-state index contributed by atoms with van der Waals surface area (Å²) in [5, 5.41) is 2.49. The first-order valence-electron chi connectivity index (χ1n) is 8.28. The summed E-state index contributed by atoms with van der Waals surface area (Å²) in [5.74, 6) is -0.355. The zero-order valence-corrected chi connectivity index (χ0v) is 16.2. The van der Waals surface area contributed by atoms with Gasteiger partial charge in [-0.2, -0.15) is 0 Å². The lowest BCUT2D eigenvalue weighted by atomic mass is 10.2. The van der Waals surface area contributed by atoms with E-state index in [1.54, 1.807) is 22.4 Å². The van der Waals surface area contributed by atoms with Gasteiger partial charge in [0.15, 0.2) is 0 Å². The van der Waals surface area contributed by atoms with Crippen molar-refractivity contribution in [3.8, 4) is 10.4 Å². The van der Waals surface area contributed by atoms with E-state index in [1.807, 2.05) is 32.0 Å². The molecular formula is C19H20FN3OS2. The zero-order valence-electron chi connectivity index (χ0n) is 14.6. The van der Waals surface area contributed by atoms with E-state index >= 15 is 0 Å². The van der Waals surface area contributed by atoms with Crippen molar-refractivity contribution in [2.45, 2.75) is 33.0 Å². The summed E-state index contributed by atoms with van der Waals surface area (Å²) in [5.41, 5.74) is 6.59. The fraction of sp³-hybridized carbons (Fsp3) is 0.263. The van der Waals surface area contributed by atoms with Crippen LogP contribution >= 0.6 is 22.7 Å². The van der Waals surface area contributed by atoms with Gasteiger partial charge in [0.05, 0.1) is 6.54 Å². The predicted octanol–water partition coefficient (Wildman–Crippen LogP) is 4.52. The normalized spacial score (nSPS) is 11.1. The summed E-state index contributed by atoms with van der Waals surface area (Å²) < 4.78 is 14.0. The third-order valence-corrected chi connectivity index (χ3v) is 5.93. The lowest BCUT2D eigenvalue weighted by Crippen LogP contribution is -2.36. The van der Waals surface area contributed by atoms with Crippen LogP contribution in [0.4, 0.5) is 4.39 Å². The Kier molecular flexibility index (Phi) is 5.80. The molecule has 7 heteroatoms. The number of nitrogens with two attached hydrogens (primary N) is 1. The van der Waals surface area contributed by atoms with Crippen LogP contribution in [0.2, 0.25) is 0 Å². The zero-order chi connectivity index (χ0) is 18.7. The minimum absolute atomic E-state index is 0.0181. The van der Waals surface area contributed by atoms with Crippen molar-refractivity contribution in [1.29, 1.82) is 0 Å². The Morgan fingerprint density at radius 3 is 2.69 bits per heavy atom. The largest absolute Gasteiger partial charge is 0.330 e. The third kappa shape index (κ3) is 4.00. The number of thiophene rings is 1. The molecular weight excluding hydrogens is 369 g/mol. The number of aromatic nitrogens is 1. The molecule has 2 N–H and O–H groups in total. The maximum atomic E-state index is 14.0. The van der Waals surface area contributed by atoms with E-state index in [-0.39, 0.29) is 17.8 Å². The van der Waals surface area contributed by atoms with Crippen molar-refractivity contribution in [3.63, 3.8) is 0 Å². The number of carbonyl (C=O) groups is 1. The molecule has 26 heavy (non-hydrogen) atoms. The number of rotatable bonds is 6. The lowest BCUT2D eigenvalue weighted by molar-refractivity contribution is 0.0687. The number of carbonyl (C=O) groups excluding carboxylic acids is 1. The molecule has 0 atom stereocenters. The Morgan fingerprint density at radius 1 is 1.27 bits per heavy atom. The number of halogens is 1. The molecule has 4 nitrogen and oxygen atoms in total. The van der Waals surface area contributed by atoms with Crippen LogP contribution in [0.25, 0.3) is 10.4 Å². The number of amides is 1. The molecule has 0 aliphatic carbocycles. The first-order valence-corrected chi connectivity index (χ1v) is 9.98. The second-order valence-electron chi connectivity index (χ2n) is 6.10. The first kappa shape index (κ1) is 18.7. The Labute approximate surface area is 160 Å². The second-order valence-corrected chi connectivity index (χ2v) is 8.21. The van der Waals surface area contributed by atoms with Crippen LogP contribution < -0.4 is 5.73 Å². The SMILES string of the molecule is CC(C)N(Cc1ccc(-c2ccccc2F)s1)C(=O)c1csc(CN)n1. The molecule has 2 aromatic heterocycles. The highest BCUT2D eigenvalue weighted by molar-refractivity contribution is 7.15. The predicted molar refractivity (Wildman–Crippen MR) is 105 cm³/mol. The molecule has 0 bridgehead atoms. The van der Waals surface area contributed by atoms with Gasteiger partial charge in [0.1, 0.15) is 16.5 Å². The van der Waals surface area contributed by atoms with Gasteiger partial charge < -0.3 is 10.6 Å². The van der Waals surface area contributed by atoms with E-state index in [0.717, 1.165) is 14.8 Å². The molecule has 0 fully saturated rings. The Bertz CT molecular complexity index is 904. The molecule has 136 valence electrons. The maximum absolute atomic E-state index is 14.0. The number of benzene rings is 1. The highest BCUT2D eigenvalue weighted by atomic mass is 32.1. The van der Waals surface area contributed by atoms with E-state index in [2.05, 4.69) is 4.98 Å². The Hall–Kier alpha value is -2.09. The summed E-state index contributed by atoms with van der Waals surface area (Å²) in [6.07, 6.45) is 0. The first-order chi connectivity index (χ1) is 12.5. The molecule has 0 saturated heterocycles. The molecule has 0 aliphatic heterocycles. The van der Waals surface area contributed by atoms with Crippen molar-refractivity contribution >= 4 is 28.6 Å². The van der Waals surface area contributed by atoms with Crippen molar-refractivity contribution in [2.75, 3.05) is 0 Å². The smallest absolute Gasteiger partial charge is 0.273 e. The van der Waals surface area contributed by atoms with Crippen molar-refractivity contribution in [3.05, 3.63) is 63.2 Å². The van der Waals surface area contributed by atoms with Gasteiger partial charge in [-0.05, 0) is 32.0 Å². The summed E-state index contributed by atoms with van der Waals surface area (Å²) >= 11 is 2.89. The maximum Gasteiger partial charge on any atom is 0.273 e. The van der Waals surface area contributed by atoms with Gasteiger partial charge in [-0.1, -0.05) is 18.2 Å². The summed E-state index contributed by atoms with van der Waals surface area (Å²) in [7, 11) is 0. The topological polar surface area (TPSA) is 59.2 Å². The van der Waals surface area contributed by atoms with Crippen LogP contribution in [0.1, 0.15) is 34.2 Å². The molecule has 0 saturated carbocycles. The number of hydrogen-bond acceptors (Lipinski definition) is 5. The van der Waals surface area contributed by atoms with Crippen LogP contribution in [0.15, 0.2) is 41.8 Å². The molecule has 2 heterocycles. The van der Waals surface area contributed by atoms with E-state index in [0.29, 0.717) is 24.3 Å². The van der Waals surface area contributed by atoms with E-state index < -0.39 is 0 Å². The van der Waals surface area contributed by atoms with Crippen LogP contribution in [0.5, 0.6) is 0 Å². The average molecular weight is 390 g/mol. The minimum Gasteiger partial charge on any atom is -0.330 e. The molecule has 0 unspecified atom stereocenters. The van der Waals surface area contributed by atoms with Crippen molar-refractivity contribution in [1.82, 2.24) is 9.88 Å². The number of thiazole rings is 1. The van der Waals surface area contributed by atoms with Gasteiger partial charge in [-0.25, -0.2) is 9.37 Å². The average Bonchev–Trinajstić information content (AvgIpc) is 3.28. The van der Waals surface area contributed by atoms with E-state index in [9.17, 15) is 9.18 Å². The van der Waals surface area contributed by atoms with Gasteiger partial charge in [0.2, 0.25) is 0 Å². The number of nitrogens with zero attached hydrogens (tertiary/aromatic N) is 2.